The van der Waals surface area contributed by atoms with Crippen LogP contribution < -0.4 is 5.63 Å². The second kappa shape index (κ2) is 5.74. The van der Waals surface area contributed by atoms with E-state index < -0.39 is 5.63 Å². The highest BCUT2D eigenvalue weighted by Crippen LogP contribution is 2.25. The zero-order valence-electron chi connectivity index (χ0n) is 14.2. The Bertz CT molecular complexity index is 1140. The lowest BCUT2D eigenvalue weighted by atomic mass is 10.1. The molecule has 0 fully saturated rings. The minimum Gasteiger partial charge on any atom is -0.422 e. The molecule has 2 heterocycles. The van der Waals surface area contributed by atoms with Gasteiger partial charge < -0.3 is 9.40 Å². The summed E-state index contributed by atoms with van der Waals surface area (Å²) in [6.45, 7) is 7.86. The molecule has 4 aromatic rings. The number of aromatic amines is 1. The number of hydrogen-bond donors (Lipinski definition) is 1. The molecule has 0 spiro atoms. The highest BCUT2D eigenvalue weighted by atomic mass is 16.4. The van der Waals surface area contributed by atoms with Crippen molar-refractivity contribution in [3.05, 3.63) is 76.2 Å². The molecule has 0 atom stereocenters. The smallest absolute Gasteiger partial charge is 0.347 e. The predicted octanol–water partition coefficient (Wildman–Crippen LogP) is 4.68. The number of hydrogen-bond acceptors (Lipinski definition) is 3. The summed E-state index contributed by atoms with van der Waals surface area (Å²) >= 11 is 0. The van der Waals surface area contributed by atoms with Crippen molar-refractivity contribution in [1.29, 1.82) is 0 Å². The van der Waals surface area contributed by atoms with E-state index in [1.165, 1.54) is 11.1 Å². The fourth-order valence-corrected chi connectivity index (χ4v) is 3.08. The van der Waals surface area contributed by atoms with Crippen LogP contribution in [0.25, 0.3) is 33.4 Å². The first kappa shape index (κ1) is 15.4. The van der Waals surface area contributed by atoms with Crippen molar-refractivity contribution >= 4 is 22.0 Å². The van der Waals surface area contributed by atoms with Gasteiger partial charge in [0.05, 0.1) is 11.0 Å². The minimum absolute atomic E-state index is 0.392. The second-order valence-corrected chi connectivity index (χ2v) is 6.31. The van der Waals surface area contributed by atoms with Crippen molar-refractivity contribution in [2.45, 2.75) is 20.3 Å². The lowest BCUT2D eigenvalue weighted by molar-refractivity contribution is 0.560. The topological polar surface area (TPSA) is 58.9 Å². The zero-order chi connectivity index (χ0) is 17.6. The molecule has 0 bridgehead atoms. The fourth-order valence-electron chi connectivity index (χ4n) is 3.08. The lowest BCUT2D eigenvalue weighted by Gasteiger charge is -2.04. The summed E-state index contributed by atoms with van der Waals surface area (Å²) in [4.78, 5) is 20.4. The molecule has 0 amide bonds. The number of para-hydroxylation sites is 1. The highest BCUT2D eigenvalue weighted by Gasteiger charge is 2.14. The standard InChI is InChI=1S/C21H18N2O2/c1-4-6-14-7-5-8-15-11-16(21(24)25-19(14)15)20-22-17-9-12(2)13(3)10-18(17)23-20/h4-5,7-11H,1,6H2,2-3H3,(H,22,23). The molecule has 4 heteroatoms. The number of fused-ring (bicyclic) bond motifs is 2. The van der Waals surface area contributed by atoms with E-state index in [9.17, 15) is 4.79 Å². The number of imidazole rings is 1. The Morgan fingerprint density at radius 1 is 1.20 bits per heavy atom. The van der Waals surface area contributed by atoms with Gasteiger partial charge in [-0.25, -0.2) is 9.78 Å². The van der Waals surface area contributed by atoms with Gasteiger partial charge in [-0.05, 0) is 55.2 Å². The third-order valence-corrected chi connectivity index (χ3v) is 4.56. The Hall–Kier alpha value is -3.14. The average molecular weight is 330 g/mol. The van der Waals surface area contributed by atoms with Crippen LogP contribution in [0.2, 0.25) is 0 Å². The van der Waals surface area contributed by atoms with Crippen LogP contribution in [0.4, 0.5) is 0 Å². The van der Waals surface area contributed by atoms with Gasteiger partial charge in [-0.1, -0.05) is 24.3 Å². The summed E-state index contributed by atoms with van der Waals surface area (Å²) in [7, 11) is 0. The van der Waals surface area contributed by atoms with Gasteiger partial charge in [0, 0.05) is 5.39 Å². The van der Waals surface area contributed by atoms with E-state index in [-0.39, 0.29) is 0 Å². The highest BCUT2D eigenvalue weighted by molar-refractivity contribution is 5.85. The van der Waals surface area contributed by atoms with Gasteiger partial charge in [-0.2, -0.15) is 0 Å². The summed E-state index contributed by atoms with van der Waals surface area (Å²) in [6.07, 6.45) is 2.45. The van der Waals surface area contributed by atoms with Gasteiger partial charge in [-0.15, -0.1) is 6.58 Å². The summed E-state index contributed by atoms with van der Waals surface area (Å²) < 4.78 is 5.61. The molecular weight excluding hydrogens is 312 g/mol. The first-order chi connectivity index (χ1) is 12.1. The molecule has 0 aliphatic rings. The third-order valence-electron chi connectivity index (χ3n) is 4.56. The number of H-pyrrole nitrogens is 1. The van der Waals surface area contributed by atoms with Gasteiger partial charge in [-0.3, -0.25) is 0 Å². The molecule has 1 N–H and O–H groups in total. The van der Waals surface area contributed by atoms with Gasteiger partial charge in [0.15, 0.2) is 0 Å². The van der Waals surface area contributed by atoms with Crippen LogP contribution in [-0.2, 0) is 6.42 Å². The molecule has 0 radical (unpaired) electrons. The van der Waals surface area contributed by atoms with Crippen LogP contribution in [0.1, 0.15) is 16.7 Å². The Morgan fingerprint density at radius 2 is 2.00 bits per heavy atom. The van der Waals surface area contributed by atoms with E-state index in [4.69, 9.17) is 4.42 Å². The number of rotatable bonds is 3. The Balaban J connectivity index is 1.93. The number of allylic oxidation sites excluding steroid dienone is 1. The van der Waals surface area contributed by atoms with Gasteiger partial charge in [0.2, 0.25) is 0 Å². The first-order valence-electron chi connectivity index (χ1n) is 8.21. The van der Waals surface area contributed by atoms with Crippen LogP contribution in [0.15, 0.2) is 58.3 Å². The molecule has 2 aromatic heterocycles. The van der Waals surface area contributed by atoms with Gasteiger partial charge >= 0.3 is 5.63 Å². The van der Waals surface area contributed by atoms with Gasteiger partial charge in [0.25, 0.3) is 0 Å². The molecule has 4 nitrogen and oxygen atoms in total. The minimum atomic E-state index is -0.392. The Kier molecular flexibility index (Phi) is 3.53. The van der Waals surface area contributed by atoms with E-state index in [0.29, 0.717) is 23.4 Å². The molecule has 0 saturated heterocycles. The number of nitrogens with zero attached hydrogens (tertiary/aromatic N) is 1. The number of aromatic nitrogens is 2. The molecule has 0 unspecified atom stereocenters. The van der Waals surface area contributed by atoms with Crippen LogP contribution in [0.3, 0.4) is 0 Å². The van der Waals surface area contributed by atoms with Crippen LogP contribution >= 0.6 is 0 Å². The van der Waals surface area contributed by atoms with E-state index in [1.54, 1.807) is 6.08 Å². The van der Waals surface area contributed by atoms with Gasteiger partial charge in [0.1, 0.15) is 17.0 Å². The largest absolute Gasteiger partial charge is 0.422 e. The molecule has 25 heavy (non-hydrogen) atoms. The van der Waals surface area contributed by atoms with Crippen LogP contribution in [-0.4, -0.2) is 9.97 Å². The maximum absolute atomic E-state index is 12.5. The quantitative estimate of drug-likeness (QED) is 0.438. The summed E-state index contributed by atoms with van der Waals surface area (Å²) in [5, 5.41) is 0.877. The first-order valence-corrected chi connectivity index (χ1v) is 8.21. The van der Waals surface area contributed by atoms with Crippen molar-refractivity contribution in [1.82, 2.24) is 9.97 Å². The monoisotopic (exact) mass is 330 g/mol. The summed E-state index contributed by atoms with van der Waals surface area (Å²) in [5.41, 5.74) is 5.72. The van der Waals surface area contributed by atoms with Crippen molar-refractivity contribution < 1.29 is 4.42 Å². The predicted molar refractivity (Wildman–Crippen MR) is 101 cm³/mol. The third kappa shape index (κ3) is 2.56. The van der Waals surface area contributed by atoms with Crippen molar-refractivity contribution in [3.63, 3.8) is 0 Å². The fraction of sp³-hybridized carbons (Fsp3) is 0.143. The SMILES string of the molecule is C=CCc1cccc2cc(-c3nc4cc(C)c(C)cc4[nH]3)c(=O)oc12. The zero-order valence-corrected chi connectivity index (χ0v) is 14.2. The van der Waals surface area contributed by atoms with Crippen LogP contribution in [0.5, 0.6) is 0 Å². The van der Waals surface area contributed by atoms with Crippen molar-refractivity contribution in [3.8, 4) is 11.4 Å². The average Bonchev–Trinajstić information content (AvgIpc) is 2.98. The maximum atomic E-state index is 12.5. The molecule has 0 aliphatic heterocycles. The van der Waals surface area contributed by atoms with E-state index >= 15 is 0 Å². The molecule has 124 valence electrons. The normalized spacial score (nSPS) is 11.3. The second-order valence-electron chi connectivity index (χ2n) is 6.31. The van der Waals surface area contributed by atoms with E-state index in [1.807, 2.05) is 36.4 Å². The summed E-state index contributed by atoms with van der Waals surface area (Å²) in [6, 6.07) is 11.7. The van der Waals surface area contributed by atoms with Crippen LogP contribution in [0, 0.1) is 13.8 Å². The molecule has 4 rings (SSSR count). The molecule has 0 saturated carbocycles. The summed E-state index contributed by atoms with van der Waals surface area (Å²) in [5.74, 6) is 0.532. The van der Waals surface area contributed by atoms with Crippen molar-refractivity contribution in [2.24, 2.45) is 0 Å². The molecule has 2 aromatic carbocycles. The van der Waals surface area contributed by atoms with Crippen molar-refractivity contribution in [2.75, 3.05) is 0 Å². The number of nitrogens with one attached hydrogen (secondary N) is 1. The lowest BCUT2D eigenvalue weighted by Crippen LogP contribution is -2.04. The maximum Gasteiger partial charge on any atom is 0.347 e. The number of benzene rings is 2. The Morgan fingerprint density at radius 3 is 2.80 bits per heavy atom. The molecular formula is C21H18N2O2. The van der Waals surface area contributed by atoms with E-state index in [0.717, 1.165) is 22.0 Å². The Labute approximate surface area is 144 Å². The number of aryl methyl sites for hydroxylation is 2. The molecule has 0 aliphatic carbocycles. The van der Waals surface area contributed by atoms with E-state index in [2.05, 4.69) is 30.4 Å².